The minimum Gasteiger partial charge on any atom is -0.410 e. The minimum absolute atomic E-state index is 0. The van der Waals surface area contributed by atoms with Crippen molar-refractivity contribution < 1.29 is 47.3 Å². The molecule has 25 heavy (non-hydrogen) atoms. The molecule has 2 heterocycles. The van der Waals surface area contributed by atoms with E-state index in [4.69, 9.17) is 9.47 Å². The second-order valence-electron chi connectivity index (χ2n) is 5.48. The number of aliphatic hydroxyl groups is 1. The number of nitrogens with one attached hydrogen (secondary N) is 1. The molecule has 4 atom stereocenters. The molecule has 0 aliphatic carbocycles. The molecule has 0 bridgehead atoms. The first kappa shape index (κ1) is 20.2. The van der Waals surface area contributed by atoms with Crippen LogP contribution in [0.15, 0.2) is 40.2 Å². The summed E-state index contributed by atoms with van der Waals surface area (Å²) < 4.78 is 12.4. The summed E-state index contributed by atoms with van der Waals surface area (Å²) in [6, 6.07) is 13.0. The van der Waals surface area contributed by atoms with E-state index in [1.807, 2.05) is 19.1 Å². The Balaban J connectivity index is 0.00000225. The molecule has 1 saturated heterocycles. The normalized spacial score (nSPS) is 26.4. The molecule has 1 aromatic heterocycles. The summed E-state index contributed by atoms with van der Waals surface area (Å²) in [6.07, 6.45) is -0.429. The zero-order chi connectivity index (χ0) is 17.1. The number of H-pyrrole nitrogens is 1. The third-order valence-electron chi connectivity index (χ3n) is 3.99. The van der Waals surface area contributed by atoms with Gasteiger partial charge in [0.25, 0.3) is 0 Å². The first-order chi connectivity index (χ1) is 11.6. The van der Waals surface area contributed by atoms with Gasteiger partial charge >= 0.3 is 5.69 Å². The summed E-state index contributed by atoms with van der Waals surface area (Å²) in [6.45, 7) is 1.91. The fourth-order valence-corrected chi connectivity index (χ4v) is 2.75. The Morgan fingerprint density at radius 2 is 2.24 bits per heavy atom. The summed E-state index contributed by atoms with van der Waals surface area (Å²) in [5.74, 6) is 0. The molecule has 0 amide bonds. The summed E-state index contributed by atoms with van der Waals surface area (Å²) >= 11 is 0. The maximum atomic E-state index is 12.4. The van der Waals surface area contributed by atoms with Crippen molar-refractivity contribution in [1.82, 2.24) is 9.55 Å². The third kappa shape index (κ3) is 4.35. The second-order valence-corrected chi connectivity index (χ2v) is 5.48. The van der Waals surface area contributed by atoms with Crippen LogP contribution < -0.4 is 11.2 Å². The number of hydrogen-bond donors (Lipinski definition) is 2. The van der Waals surface area contributed by atoms with Gasteiger partial charge in [0.2, 0.25) is 0 Å². The van der Waals surface area contributed by atoms with Crippen molar-refractivity contribution in [2.45, 2.75) is 37.9 Å². The molecule has 1 fully saturated rings. The first-order valence-electron chi connectivity index (χ1n) is 7.75. The third-order valence-corrected chi connectivity index (χ3v) is 3.99. The molecule has 0 saturated carbocycles. The van der Waals surface area contributed by atoms with E-state index >= 15 is 0 Å². The predicted molar refractivity (Wildman–Crippen MR) is 85.4 cm³/mol. The number of methoxy groups -OCH3 is 1. The van der Waals surface area contributed by atoms with Gasteiger partial charge in [-0.3, -0.25) is 4.99 Å². The summed E-state index contributed by atoms with van der Waals surface area (Å²) in [5.41, 5.74) is 0.466. The predicted octanol–water partition coefficient (Wildman–Crippen LogP) is 0.690. The van der Waals surface area contributed by atoms with Crippen LogP contribution in [0.25, 0.3) is 0 Å². The van der Waals surface area contributed by atoms with Crippen molar-refractivity contribution >= 4 is 5.69 Å². The first-order valence-corrected chi connectivity index (χ1v) is 7.75. The number of nitrogens with zero attached hydrogens (tertiary/aromatic N) is 2. The molecular weight excluding hydrogens is 399 g/mol. The van der Waals surface area contributed by atoms with Gasteiger partial charge in [0.05, 0.1) is 6.10 Å². The Hall–Kier alpha value is -1.12. The molecule has 8 heteroatoms. The van der Waals surface area contributed by atoms with E-state index in [0.717, 1.165) is 0 Å². The van der Waals surface area contributed by atoms with Gasteiger partial charge < -0.3 is 30.2 Å². The van der Waals surface area contributed by atoms with Crippen LogP contribution in [0.3, 0.4) is 0 Å². The summed E-state index contributed by atoms with van der Waals surface area (Å²) in [7, 11) is 1.48. The quantitative estimate of drug-likeness (QED) is 0.716. The van der Waals surface area contributed by atoms with Gasteiger partial charge in [-0.25, -0.2) is 4.79 Å². The van der Waals surface area contributed by atoms with Gasteiger partial charge in [0, 0.05) is 39.8 Å². The molecule has 1 radical (unpaired) electrons. The van der Waals surface area contributed by atoms with Gasteiger partial charge in [-0.1, -0.05) is 12.6 Å². The molecule has 2 N–H and O–H groups in total. The van der Waals surface area contributed by atoms with Gasteiger partial charge in [-0.15, -0.1) is 6.07 Å². The molecule has 131 valence electrons. The second kappa shape index (κ2) is 9.01. The van der Waals surface area contributed by atoms with Crippen LogP contribution in [0, 0.1) is 12.1 Å². The Labute approximate surface area is 170 Å². The zero-order valence-corrected chi connectivity index (χ0v) is 16.9. The molecule has 0 spiro atoms. The smallest absolute Gasteiger partial charge is 0.324 e. The Bertz CT molecular complexity index is 805. The Kier molecular flexibility index (Phi) is 7.28. The van der Waals surface area contributed by atoms with Crippen molar-refractivity contribution in [3.8, 4) is 0 Å². The van der Waals surface area contributed by atoms with Gasteiger partial charge in [-0.2, -0.15) is 30.5 Å². The van der Waals surface area contributed by atoms with Gasteiger partial charge in [0.1, 0.15) is 12.2 Å². The maximum absolute atomic E-state index is 12.4. The largest absolute Gasteiger partial charge is 0.410 e. The van der Waals surface area contributed by atoms with E-state index in [9.17, 15) is 9.90 Å². The van der Waals surface area contributed by atoms with Crippen LogP contribution in [0.4, 0.5) is 5.69 Å². The fourth-order valence-electron chi connectivity index (χ4n) is 2.75. The van der Waals surface area contributed by atoms with E-state index in [1.54, 1.807) is 12.1 Å². The molecule has 7 nitrogen and oxygen atoms in total. The molecule has 1 aromatic carbocycles. The van der Waals surface area contributed by atoms with Crippen LogP contribution in [0.5, 0.6) is 0 Å². The van der Waals surface area contributed by atoms with E-state index < -0.39 is 24.1 Å². The number of hydrogen-bond acceptors (Lipinski definition) is 5. The average molecular weight is 418 g/mol. The average Bonchev–Trinajstić information content (AvgIpc) is 2.91. The zero-order valence-electron chi connectivity index (χ0n) is 14.0. The number of aliphatic hydroxyl groups excluding tert-OH is 1. The van der Waals surface area contributed by atoms with Crippen LogP contribution in [0.2, 0.25) is 0 Å². The Morgan fingerprint density at radius 1 is 1.44 bits per heavy atom. The number of aromatic nitrogens is 2. The molecular formula is C17H19N3O4Y-2. The number of benzene rings is 1. The SMILES string of the molecule is CC[C@H]1O[C@@H](n2c[c-]c(=Nc3[c-]cccc3)[nH]c2=O)C(OC)[C@H]1O.[Y]. The van der Waals surface area contributed by atoms with Crippen molar-refractivity contribution in [1.29, 1.82) is 0 Å². The number of rotatable bonds is 4. The van der Waals surface area contributed by atoms with E-state index in [-0.39, 0.29) is 38.8 Å². The van der Waals surface area contributed by atoms with E-state index in [2.05, 4.69) is 22.1 Å². The minimum atomic E-state index is -0.791. The molecule has 2 aromatic rings. The van der Waals surface area contributed by atoms with E-state index in [1.165, 1.54) is 17.9 Å². The van der Waals surface area contributed by atoms with E-state index in [0.29, 0.717) is 17.6 Å². The molecule has 1 aliphatic heterocycles. The maximum Gasteiger partial charge on any atom is 0.324 e. The van der Waals surface area contributed by atoms with Crippen molar-refractivity contribution in [3.05, 3.63) is 58.6 Å². The molecule has 3 rings (SSSR count). The Morgan fingerprint density at radius 3 is 2.84 bits per heavy atom. The topological polar surface area (TPSA) is 88.8 Å². The standard InChI is InChI=1S/C17H19N3O4.Y/c1-3-12-14(21)15(23-2)16(24-12)20-10-9-13(19-17(20)22)18-11-7-5-4-6-8-11;/h4-7,10,12,14-16,21H,3H2,1-2H3,(H,18,19,22);/q-2;/t12-,14+,15?,16-;/m1./s1. The van der Waals surface area contributed by atoms with Crippen molar-refractivity contribution in [3.63, 3.8) is 0 Å². The number of para-hydroxylation sites is 1. The van der Waals surface area contributed by atoms with Crippen LogP contribution in [-0.2, 0) is 42.2 Å². The molecule has 1 unspecified atom stereocenters. The fraction of sp³-hybridized carbons (Fsp3) is 0.412. The van der Waals surface area contributed by atoms with Crippen LogP contribution in [0.1, 0.15) is 19.6 Å². The van der Waals surface area contributed by atoms with Crippen molar-refractivity contribution in [2.24, 2.45) is 4.99 Å². The molecule has 1 aliphatic rings. The summed E-state index contributed by atoms with van der Waals surface area (Å²) in [5, 5.41) is 10.2. The number of aromatic amines is 1. The summed E-state index contributed by atoms with van der Waals surface area (Å²) in [4.78, 5) is 19.3. The van der Waals surface area contributed by atoms with Crippen LogP contribution in [-0.4, -0.2) is 40.1 Å². The van der Waals surface area contributed by atoms with Crippen LogP contribution >= 0.6 is 0 Å². The van der Waals surface area contributed by atoms with Crippen molar-refractivity contribution in [2.75, 3.05) is 7.11 Å². The number of ether oxygens (including phenoxy) is 2. The van der Waals surface area contributed by atoms with Gasteiger partial charge in [-0.05, 0) is 11.9 Å². The van der Waals surface area contributed by atoms with Gasteiger partial charge in [0.15, 0.2) is 6.23 Å². The monoisotopic (exact) mass is 418 g/mol.